The molecule has 1 aliphatic heterocycles. The van der Waals surface area contributed by atoms with Crippen molar-refractivity contribution in [2.45, 2.75) is 13.5 Å². The lowest BCUT2D eigenvalue weighted by Crippen LogP contribution is -2.49. The van der Waals surface area contributed by atoms with Gasteiger partial charge in [-0.15, -0.1) is 0 Å². The lowest BCUT2D eigenvalue weighted by Gasteiger charge is -2.36. The number of nitrogens with one attached hydrogen (secondary N) is 2. The number of anilines is 1. The Morgan fingerprint density at radius 3 is 2.31 bits per heavy atom. The van der Waals surface area contributed by atoms with Gasteiger partial charge >= 0.3 is 6.03 Å². The molecule has 0 aliphatic carbocycles. The maximum absolute atomic E-state index is 11.9. The molecule has 0 saturated carbocycles. The third-order valence-corrected chi connectivity index (χ3v) is 4.78. The molecule has 1 fully saturated rings. The van der Waals surface area contributed by atoms with Crippen molar-refractivity contribution in [3.8, 4) is 0 Å². The largest absolute Gasteiger partial charge is 0.369 e. The minimum atomic E-state index is -0.104. The zero-order valence-corrected chi connectivity index (χ0v) is 15.4. The minimum Gasteiger partial charge on any atom is -0.369 e. The number of hydrogen-bond acceptors (Lipinski definition) is 3. The minimum absolute atomic E-state index is 0.104. The first-order valence-corrected chi connectivity index (χ1v) is 9.30. The van der Waals surface area contributed by atoms with Crippen LogP contribution in [0.5, 0.6) is 0 Å². The molecule has 138 valence electrons. The Hall–Kier alpha value is -2.53. The molecule has 0 spiro atoms. The Kier molecular flexibility index (Phi) is 6.50. The van der Waals surface area contributed by atoms with Crippen LogP contribution in [0.3, 0.4) is 0 Å². The van der Waals surface area contributed by atoms with Gasteiger partial charge in [0.15, 0.2) is 0 Å². The Morgan fingerprint density at radius 2 is 1.62 bits per heavy atom. The third-order valence-electron chi connectivity index (χ3n) is 4.78. The molecule has 3 rings (SSSR count). The molecule has 5 heteroatoms. The molecule has 1 aliphatic rings. The van der Waals surface area contributed by atoms with Gasteiger partial charge < -0.3 is 15.5 Å². The fourth-order valence-electron chi connectivity index (χ4n) is 3.15. The zero-order valence-electron chi connectivity index (χ0n) is 15.4. The highest BCUT2D eigenvalue weighted by molar-refractivity contribution is 5.73. The van der Waals surface area contributed by atoms with E-state index >= 15 is 0 Å². The molecular weight excluding hydrogens is 324 g/mol. The van der Waals surface area contributed by atoms with E-state index in [0.29, 0.717) is 13.1 Å². The molecular formula is C21H28N4O. The van der Waals surface area contributed by atoms with Gasteiger partial charge in [0.1, 0.15) is 0 Å². The van der Waals surface area contributed by atoms with Gasteiger partial charge in [0.2, 0.25) is 0 Å². The quantitative estimate of drug-likeness (QED) is 0.840. The molecule has 0 radical (unpaired) electrons. The highest BCUT2D eigenvalue weighted by atomic mass is 16.2. The number of urea groups is 1. The smallest absolute Gasteiger partial charge is 0.315 e. The summed E-state index contributed by atoms with van der Waals surface area (Å²) in [5.74, 6) is 0. The van der Waals surface area contributed by atoms with Crippen LogP contribution in [0.4, 0.5) is 10.5 Å². The van der Waals surface area contributed by atoms with Crippen molar-refractivity contribution in [1.82, 2.24) is 15.5 Å². The lowest BCUT2D eigenvalue weighted by molar-refractivity contribution is 0.231. The average molecular weight is 352 g/mol. The predicted octanol–water partition coefficient (Wildman–Crippen LogP) is 2.62. The van der Waals surface area contributed by atoms with Crippen LogP contribution >= 0.6 is 0 Å². The van der Waals surface area contributed by atoms with Gasteiger partial charge in [-0.2, -0.15) is 0 Å². The summed E-state index contributed by atoms with van der Waals surface area (Å²) in [6.45, 7) is 8.35. The van der Waals surface area contributed by atoms with E-state index in [-0.39, 0.29) is 6.03 Å². The van der Waals surface area contributed by atoms with Crippen LogP contribution in [0, 0.1) is 6.92 Å². The first-order valence-electron chi connectivity index (χ1n) is 9.30. The Labute approximate surface area is 156 Å². The summed E-state index contributed by atoms with van der Waals surface area (Å²) in [4.78, 5) is 16.7. The van der Waals surface area contributed by atoms with Crippen LogP contribution in [0.1, 0.15) is 11.1 Å². The van der Waals surface area contributed by atoms with E-state index in [4.69, 9.17) is 0 Å². The van der Waals surface area contributed by atoms with E-state index in [1.807, 2.05) is 30.3 Å². The summed E-state index contributed by atoms with van der Waals surface area (Å²) in [5, 5.41) is 5.84. The van der Waals surface area contributed by atoms with Crippen LogP contribution in [-0.2, 0) is 6.54 Å². The predicted molar refractivity (Wildman–Crippen MR) is 107 cm³/mol. The number of carbonyl (C=O) groups is 1. The number of hydrogen-bond donors (Lipinski definition) is 2. The van der Waals surface area contributed by atoms with E-state index in [9.17, 15) is 4.79 Å². The van der Waals surface area contributed by atoms with Gasteiger partial charge in [-0.25, -0.2) is 4.79 Å². The summed E-state index contributed by atoms with van der Waals surface area (Å²) in [6, 6.07) is 18.6. The zero-order chi connectivity index (χ0) is 18.2. The fraction of sp³-hybridized carbons (Fsp3) is 0.381. The number of rotatable bonds is 6. The summed E-state index contributed by atoms with van der Waals surface area (Å²) in [5.41, 5.74) is 3.70. The summed E-state index contributed by atoms with van der Waals surface area (Å²) in [6.07, 6.45) is 0. The van der Waals surface area contributed by atoms with Crippen molar-refractivity contribution in [2.75, 3.05) is 44.2 Å². The van der Waals surface area contributed by atoms with Crippen molar-refractivity contribution in [3.05, 3.63) is 65.7 Å². The summed E-state index contributed by atoms with van der Waals surface area (Å²) < 4.78 is 0. The Morgan fingerprint density at radius 1 is 0.923 bits per heavy atom. The van der Waals surface area contributed by atoms with Crippen LogP contribution in [-0.4, -0.2) is 50.2 Å². The van der Waals surface area contributed by atoms with Crippen molar-refractivity contribution in [3.63, 3.8) is 0 Å². The van der Waals surface area contributed by atoms with Crippen LogP contribution in [0.2, 0.25) is 0 Å². The molecule has 2 aromatic rings. The van der Waals surface area contributed by atoms with E-state index in [1.54, 1.807) is 0 Å². The van der Waals surface area contributed by atoms with Crippen molar-refractivity contribution in [2.24, 2.45) is 0 Å². The standard InChI is InChI=1S/C21H28N4O/c1-18-7-9-20(10-8-18)25-15-13-24(14-16-25)12-11-22-21(26)23-17-19-5-3-2-4-6-19/h2-10H,11-17H2,1H3,(H2,22,23,26). The van der Waals surface area contributed by atoms with Crippen LogP contribution < -0.4 is 15.5 Å². The molecule has 2 aromatic carbocycles. The number of benzene rings is 2. The van der Waals surface area contributed by atoms with Crippen LogP contribution in [0.15, 0.2) is 54.6 Å². The molecule has 1 heterocycles. The molecule has 2 amide bonds. The molecule has 5 nitrogen and oxygen atoms in total. The SMILES string of the molecule is Cc1ccc(N2CCN(CCNC(=O)NCc3ccccc3)CC2)cc1. The van der Waals surface area contributed by atoms with Gasteiger partial charge in [0, 0.05) is 51.5 Å². The normalized spacial score (nSPS) is 14.9. The van der Waals surface area contributed by atoms with Crippen molar-refractivity contribution in [1.29, 1.82) is 0 Å². The maximum atomic E-state index is 11.9. The first-order chi connectivity index (χ1) is 12.7. The van der Waals surface area contributed by atoms with Gasteiger partial charge in [0.25, 0.3) is 0 Å². The molecule has 0 unspecified atom stereocenters. The fourth-order valence-corrected chi connectivity index (χ4v) is 3.15. The molecule has 1 saturated heterocycles. The Balaban J connectivity index is 1.31. The van der Waals surface area contributed by atoms with Gasteiger partial charge in [0.05, 0.1) is 0 Å². The second-order valence-corrected chi connectivity index (χ2v) is 6.76. The third kappa shape index (κ3) is 5.49. The van der Waals surface area contributed by atoms with Crippen molar-refractivity contribution < 1.29 is 4.79 Å². The van der Waals surface area contributed by atoms with Crippen LogP contribution in [0.25, 0.3) is 0 Å². The second-order valence-electron chi connectivity index (χ2n) is 6.76. The number of piperazine rings is 1. The average Bonchev–Trinajstić information content (AvgIpc) is 2.68. The number of aryl methyl sites for hydroxylation is 1. The van der Waals surface area contributed by atoms with E-state index in [1.165, 1.54) is 11.3 Å². The molecule has 0 aromatic heterocycles. The summed E-state index contributed by atoms with van der Waals surface area (Å²) in [7, 11) is 0. The van der Waals surface area contributed by atoms with Gasteiger partial charge in [-0.1, -0.05) is 48.0 Å². The highest BCUT2D eigenvalue weighted by Crippen LogP contribution is 2.16. The number of nitrogens with zero attached hydrogens (tertiary/aromatic N) is 2. The highest BCUT2D eigenvalue weighted by Gasteiger charge is 2.16. The van der Waals surface area contributed by atoms with Gasteiger partial charge in [-0.05, 0) is 24.6 Å². The molecule has 26 heavy (non-hydrogen) atoms. The first kappa shape index (κ1) is 18.3. The van der Waals surface area contributed by atoms with E-state index in [0.717, 1.165) is 38.3 Å². The number of carbonyl (C=O) groups excluding carboxylic acids is 1. The molecule has 0 atom stereocenters. The topological polar surface area (TPSA) is 47.6 Å². The second kappa shape index (κ2) is 9.25. The van der Waals surface area contributed by atoms with E-state index in [2.05, 4.69) is 51.6 Å². The monoisotopic (exact) mass is 352 g/mol. The molecule has 0 bridgehead atoms. The summed E-state index contributed by atoms with van der Waals surface area (Å²) >= 11 is 0. The lowest BCUT2D eigenvalue weighted by atomic mass is 10.2. The maximum Gasteiger partial charge on any atom is 0.315 e. The Bertz CT molecular complexity index is 679. The van der Waals surface area contributed by atoms with Crippen molar-refractivity contribution >= 4 is 11.7 Å². The van der Waals surface area contributed by atoms with E-state index < -0.39 is 0 Å². The van der Waals surface area contributed by atoms with Gasteiger partial charge in [-0.3, -0.25) is 4.90 Å². The number of amides is 2. The molecule has 2 N–H and O–H groups in total.